The van der Waals surface area contributed by atoms with Gasteiger partial charge in [0, 0.05) is 48.3 Å². The zero-order chi connectivity index (χ0) is 33.5. The van der Waals surface area contributed by atoms with E-state index in [1.165, 1.54) is 0 Å². The van der Waals surface area contributed by atoms with Gasteiger partial charge >= 0.3 is 0 Å². The summed E-state index contributed by atoms with van der Waals surface area (Å²) in [6.45, 7) is 9.27. The number of rotatable bonds is 8. The Bertz CT molecular complexity index is 1950. The van der Waals surface area contributed by atoms with Crippen LogP contribution >= 0.6 is 0 Å². The van der Waals surface area contributed by atoms with E-state index in [4.69, 9.17) is 4.42 Å². The molecular weight excluding hydrogens is 610 g/mol. The second-order valence-corrected chi connectivity index (χ2v) is 12.7. The van der Waals surface area contributed by atoms with Crippen molar-refractivity contribution in [3.8, 4) is 11.5 Å². The first-order chi connectivity index (χ1) is 23.2. The standard InChI is InChI=1S/C36H37N7O5/c1-21-6-4-7-25(16-21)34-40-29(23(3)48-34)17-31(44)41-14-12-26(13-15-41)42-20-24(19-38-42)18-37-28-9-5-8-27-32(28)36(47)43(35(27)46)30-11-10-22(2)39-33(30)45/h4-9,16,19-20,26,30,37H,2,10-15,17-18H2,1,3H3,(H,39,45). The van der Waals surface area contributed by atoms with Gasteiger partial charge in [-0.25, -0.2) is 4.98 Å². The Kier molecular flexibility index (Phi) is 8.16. The number of allylic oxidation sites excluding steroid dienone is 1. The first kappa shape index (κ1) is 31.1. The number of benzene rings is 2. The van der Waals surface area contributed by atoms with E-state index in [0.29, 0.717) is 61.2 Å². The Morgan fingerprint density at radius 3 is 2.62 bits per heavy atom. The van der Waals surface area contributed by atoms with Crippen LogP contribution in [0.5, 0.6) is 0 Å². The number of oxazole rings is 1. The Labute approximate surface area is 277 Å². The Hall–Kier alpha value is -5.52. The summed E-state index contributed by atoms with van der Waals surface area (Å²) in [4.78, 5) is 60.0. The van der Waals surface area contributed by atoms with E-state index in [1.54, 1.807) is 24.4 Å². The van der Waals surface area contributed by atoms with Gasteiger partial charge in [-0.1, -0.05) is 30.3 Å². The van der Waals surface area contributed by atoms with Crippen molar-refractivity contribution >= 4 is 29.3 Å². The lowest BCUT2D eigenvalue weighted by molar-refractivity contribution is -0.131. The third-order valence-electron chi connectivity index (χ3n) is 9.39. The molecule has 0 radical (unpaired) electrons. The maximum atomic E-state index is 13.5. The van der Waals surface area contributed by atoms with Crippen molar-refractivity contribution in [2.24, 2.45) is 0 Å². The molecule has 7 rings (SSSR count). The number of carbonyl (C=O) groups excluding carboxylic acids is 4. The molecule has 2 aromatic carbocycles. The topological polar surface area (TPSA) is 143 Å². The minimum atomic E-state index is -0.862. The highest BCUT2D eigenvalue weighted by atomic mass is 16.4. The molecule has 0 spiro atoms. The lowest BCUT2D eigenvalue weighted by Crippen LogP contribution is -2.51. The third kappa shape index (κ3) is 5.89. The normalized spacial score (nSPS) is 18.3. The van der Waals surface area contributed by atoms with Gasteiger partial charge in [0.05, 0.1) is 35.5 Å². The molecule has 1 unspecified atom stereocenters. The number of hydrogen-bond donors (Lipinski definition) is 2. The van der Waals surface area contributed by atoms with Gasteiger partial charge in [-0.3, -0.25) is 28.8 Å². The summed E-state index contributed by atoms with van der Waals surface area (Å²) >= 11 is 0. The summed E-state index contributed by atoms with van der Waals surface area (Å²) in [7, 11) is 0. The summed E-state index contributed by atoms with van der Waals surface area (Å²) in [5, 5.41) is 10.6. The molecule has 2 aromatic heterocycles. The van der Waals surface area contributed by atoms with Crippen LogP contribution in [0.25, 0.3) is 11.5 Å². The number of aryl methyl sites for hydroxylation is 2. The van der Waals surface area contributed by atoms with E-state index in [-0.39, 0.29) is 29.5 Å². The lowest BCUT2D eigenvalue weighted by atomic mass is 10.0. The zero-order valence-electron chi connectivity index (χ0n) is 27.0. The second kappa shape index (κ2) is 12.6. The van der Waals surface area contributed by atoms with Gasteiger partial charge in [-0.15, -0.1) is 0 Å². The average Bonchev–Trinajstić information content (AvgIpc) is 3.77. The maximum absolute atomic E-state index is 13.5. The molecule has 48 heavy (non-hydrogen) atoms. The summed E-state index contributed by atoms with van der Waals surface area (Å²) in [5.74, 6) is -0.122. The van der Waals surface area contributed by atoms with Gasteiger partial charge in [0.1, 0.15) is 11.8 Å². The SMILES string of the molecule is C=C1CCC(N2C(=O)c3cccc(NCc4cnn(C5CCN(C(=O)Cc6nc(-c7cccc(C)c7)oc6C)CC5)c4)c3C2=O)C(=O)N1. The van der Waals surface area contributed by atoms with Crippen molar-refractivity contribution in [3.05, 3.63) is 101 Å². The fourth-order valence-electron chi connectivity index (χ4n) is 6.74. The summed E-state index contributed by atoms with van der Waals surface area (Å²) in [6.07, 6.45) is 6.35. The van der Waals surface area contributed by atoms with Crippen LogP contribution in [0, 0.1) is 13.8 Å². The number of aromatic nitrogens is 3. The monoisotopic (exact) mass is 647 g/mol. The number of carbonyl (C=O) groups is 4. The van der Waals surface area contributed by atoms with Crippen LogP contribution in [0.1, 0.15) is 75.0 Å². The molecule has 12 nitrogen and oxygen atoms in total. The summed E-state index contributed by atoms with van der Waals surface area (Å²) in [6, 6.07) is 12.3. The third-order valence-corrected chi connectivity index (χ3v) is 9.39. The van der Waals surface area contributed by atoms with Crippen molar-refractivity contribution in [1.29, 1.82) is 0 Å². The molecule has 0 aliphatic carbocycles. The van der Waals surface area contributed by atoms with E-state index in [0.717, 1.165) is 34.4 Å². The quantitative estimate of drug-likeness (QED) is 0.265. The highest BCUT2D eigenvalue weighted by molar-refractivity contribution is 6.25. The van der Waals surface area contributed by atoms with Crippen LogP contribution in [0.2, 0.25) is 0 Å². The molecule has 2 N–H and O–H groups in total. The summed E-state index contributed by atoms with van der Waals surface area (Å²) < 4.78 is 7.83. The minimum absolute atomic E-state index is 0.0301. The molecule has 0 bridgehead atoms. The Morgan fingerprint density at radius 2 is 1.85 bits per heavy atom. The van der Waals surface area contributed by atoms with Crippen molar-refractivity contribution < 1.29 is 23.6 Å². The number of anilines is 1. The van der Waals surface area contributed by atoms with E-state index in [1.807, 2.05) is 53.9 Å². The van der Waals surface area contributed by atoms with Gasteiger partial charge in [-0.05, 0) is 63.8 Å². The van der Waals surface area contributed by atoms with E-state index >= 15 is 0 Å². The van der Waals surface area contributed by atoms with Crippen molar-refractivity contribution in [2.45, 2.75) is 64.6 Å². The molecule has 0 saturated carbocycles. The Morgan fingerprint density at radius 1 is 1.06 bits per heavy atom. The maximum Gasteiger partial charge on any atom is 0.264 e. The molecular formula is C36H37N7O5. The fourth-order valence-corrected chi connectivity index (χ4v) is 6.74. The molecule has 5 heterocycles. The van der Waals surface area contributed by atoms with Crippen molar-refractivity contribution in [3.63, 3.8) is 0 Å². The molecule has 3 aliphatic heterocycles. The van der Waals surface area contributed by atoms with E-state index in [9.17, 15) is 19.2 Å². The zero-order valence-corrected chi connectivity index (χ0v) is 27.0. The van der Waals surface area contributed by atoms with Crippen LogP contribution in [0.15, 0.2) is 71.6 Å². The van der Waals surface area contributed by atoms with Gasteiger partial charge < -0.3 is 20.0 Å². The number of likely N-dealkylation sites (tertiary alicyclic amines) is 1. The fraction of sp³-hybridized carbons (Fsp3) is 0.333. The van der Waals surface area contributed by atoms with E-state index in [2.05, 4.69) is 27.3 Å². The van der Waals surface area contributed by atoms with Gasteiger partial charge in [0.25, 0.3) is 11.8 Å². The van der Waals surface area contributed by atoms with Crippen molar-refractivity contribution in [2.75, 3.05) is 18.4 Å². The van der Waals surface area contributed by atoms with Gasteiger partial charge in [0.15, 0.2) is 0 Å². The molecule has 4 aromatic rings. The molecule has 2 fully saturated rings. The molecule has 1 atom stereocenters. The first-order valence-corrected chi connectivity index (χ1v) is 16.2. The number of amides is 4. The predicted octanol–water partition coefficient (Wildman–Crippen LogP) is 4.56. The molecule has 246 valence electrons. The van der Waals surface area contributed by atoms with Crippen LogP contribution in [0.4, 0.5) is 5.69 Å². The summed E-state index contributed by atoms with van der Waals surface area (Å²) in [5.41, 5.74) is 5.26. The smallest absolute Gasteiger partial charge is 0.264 e. The number of imide groups is 1. The van der Waals surface area contributed by atoms with Gasteiger partial charge in [-0.2, -0.15) is 5.10 Å². The number of nitrogens with zero attached hydrogens (tertiary/aromatic N) is 5. The molecule has 4 amide bonds. The highest BCUT2D eigenvalue weighted by Gasteiger charge is 2.45. The van der Waals surface area contributed by atoms with E-state index < -0.39 is 23.8 Å². The second-order valence-electron chi connectivity index (χ2n) is 12.7. The number of nitrogens with one attached hydrogen (secondary N) is 2. The Balaban J connectivity index is 0.942. The first-order valence-electron chi connectivity index (χ1n) is 16.2. The predicted molar refractivity (Wildman–Crippen MR) is 177 cm³/mol. The van der Waals surface area contributed by atoms with Gasteiger partial charge in [0.2, 0.25) is 17.7 Å². The lowest BCUT2D eigenvalue weighted by Gasteiger charge is -2.32. The van der Waals surface area contributed by atoms with Crippen LogP contribution < -0.4 is 10.6 Å². The molecule has 12 heteroatoms. The van der Waals surface area contributed by atoms with Crippen molar-refractivity contribution in [1.82, 2.24) is 29.9 Å². The number of piperidine rings is 2. The average molecular weight is 648 g/mol. The highest BCUT2D eigenvalue weighted by Crippen LogP contribution is 2.33. The van der Waals surface area contributed by atoms with Crippen LogP contribution in [-0.2, 0) is 22.6 Å². The molecule has 3 aliphatic rings. The number of fused-ring (bicyclic) bond motifs is 1. The van der Waals surface area contributed by atoms with Crippen LogP contribution in [-0.4, -0.2) is 67.3 Å². The molecule has 2 saturated heterocycles. The number of hydrogen-bond acceptors (Lipinski definition) is 8. The largest absolute Gasteiger partial charge is 0.441 e. The van der Waals surface area contributed by atoms with Crippen LogP contribution in [0.3, 0.4) is 0 Å². The minimum Gasteiger partial charge on any atom is -0.441 e.